The molecule has 5 heteroatoms. The lowest BCUT2D eigenvalue weighted by atomic mass is 9.97. The zero-order valence-electron chi connectivity index (χ0n) is 10.1. The molecule has 1 heterocycles. The van der Waals surface area contributed by atoms with Gasteiger partial charge in [0.05, 0.1) is 4.47 Å². The number of phenolic OH excluding ortho intramolecular Hbond substituents is 1. The van der Waals surface area contributed by atoms with Crippen molar-refractivity contribution in [3.63, 3.8) is 0 Å². The van der Waals surface area contributed by atoms with Crippen molar-refractivity contribution in [3.8, 4) is 5.75 Å². The van der Waals surface area contributed by atoms with Gasteiger partial charge >= 0.3 is 0 Å². The molecular formula is C13H17BrN2O2. The summed E-state index contributed by atoms with van der Waals surface area (Å²) in [5, 5.41) is 9.61. The van der Waals surface area contributed by atoms with Crippen molar-refractivity contribution in [2.75, 3.05) is 19.6 Å². The van der Waals surface area contributed by atoms with E-state index in [1.807, 2.05) is 4.90 Å². The molecule has 2 rings (SSSR count). The molecule has 0 aliphatic carbocycles. The predicted octanol–water partition coefficient (Wildman–Crippen LogP) is 1.97. The quantitative estimate of drug-likeness (QED) is 0.877. The summed E-state index contributed by atoms with van der Waals surface area (Å²) in [4.78, 5) is 14.1. The van der Waals surface area contributed by atoms with Crippen LogP contribution in [0.15, 0.2) is 22.7 Å². The monoisotopic (exact) mass is 312 g/mol. The fraction of sp³-hybridized carbons (Fsp3) is 0.462. The minimum atomic E-state index is -0.0315. The van der Waals surface area contributed by atoms with Crippen LogP contribution in [0, 0.1) is 5.92 Å². The van der Waals surface area contributed by atoms with E-state index in [0.29, 0.717) is 29.0 Å². The predicted molar refractivity (Wildman–Crippen MR) is 73.5 cm³/mol. The van der Waals surface area contributed by atoms with Crippen LogP contribution in [-0.2, 0) is 0 Å². The molecule has 1 unspecified atom stereocenters. The fourth-order valence-corrected chi connectivity index (χ4v) is 2.52. The van der Waals surface area contributed by atoms with Crippen LogP contribution in [-0.4, -0.2) is 35.5 Å². The molecule has 1 amide bonds. The van der Waals surface area contributed by atoms with Gasteiger partial charge in [-0.25, -0.2) is 0 Å². The highest BCUT2D eigenvalue weighted by atomic mass is 79.9. The summed E-state index contributed by atoms with van der Waals surface area (Å²) < 4.78 is 0.595. The number of nitrogens with zero attached hydrogens (tertiary/aromatic N) is 1. The minimum Gasteiger partial charge on any atom is -0.507 e. The maximum Gasteiger partial charge on any atom is 0.253 e. The Morgan fingerprint density at radius 2 is 2.33 bits per heavy atom. The molecule has 1 fully saturated rings. The van der Waals surface area contributed by atoms with E-state index in [2.05, 4.69) is 15.9 Å². The van der Waals surface area contributed by atoms with Crippen LogP contribution in [0.2, 0.25) is 0 Å². The number of rotatable bonds is 2. The van der Waals surface area contributed by atoms with Crippen LogP contribution in [0.25, 0.3) is 0 Å². The van der Waals surface area contributed by atoms with Crippen molar-refractivity contribution in [3.05, 3.63) is 28.2 Å². The SMILES string of the molecule is NCC1CCCN(C(=O)c2ccc(Br)c(O)c2)C1. The van der Waals surface area contributed by atoms with Gasteiger partial charge in [0.15, 0.2) is 0 Å². The molecule has 1 aliphatic heterocycles. The molecule has 1 aromatic rings. The van der Waals surface area contributed by atoms with Crippen molar-refractivity contribution in [2.24, 2.45) is 11.7 Å². The first kappa shape index (κ1) is 13.4. The molecule has 0 spiro atoms. The Bertz CT molecular complexity index is 451. The van der Waals surface area contributed by atoms with Gasteiger partial charge in [-0.05, 0) is 59.4 Å². The standard InChI is InChI=1S/C13H17BrN2O2/c14-11-4-3-10(6-12(11)17)13(18)16-5-1-2-9(7-15)8-16/h3-4,6,9,17H,1-2,5,7-8,15H2. The topological polar surface area (TPSA) is 66.6 Å². The van der Waals surface area contributed by atoms with E-state index < -0.39 is 0 Å². The Labute approximate surface area is 115 Å². The molecule has 1 atom stereocenters. The zero-order valence-corrected chi connectivity index (χ0v) is 11.7. The lowest BCUT2D eigenvalue weighted by Crippen LogP contribution is -2.42. The third-order valence-corrected chi connectivity index (χ3v) is 4.00. The molecule has 1 aromatic carbocycles. The molecule has 1 saturated heterocycles. The number of likely N-dealkylation sites (tertiary alicyclic amines) is 1. The summed E-state index contributed by atoms with van der Waals surface area (Å²) >= 11 is 3.20. The first-order chi connectivity index (χ1) is 8.61. The Morgan fingerprint density at radius 1 is 1.56 bits per heavy atom. The molecule has 98 valence electrons. The number of carbonyl (C=O) groups is 1. The third-order valence-electron chi connectivity index (χ3n) is 3.33. The number of benzene rings is 1. The summed E-state index contributed by atoms with van der Waals surface area (Å²) in [5.74, 6) is 0.455. The number of carbonyl (C=O) groups excluding carboxylic acids is 1. The van der Waals surface area contributed by atoms with E-state index in [0.717, 1.165) is 19.4 Å². The van der Waals surface area contributed by atoms with Gasteiger partial charge in [0.25, 0.3) is 5.91 Å². The van der Waals surface area contributed by atoms with Gasteiger partial charge in [-0.15, -0.1) is 0 Å². The number of hydrogen-bond acceptors (Lipinski definition) is 3. The zero-order chi connectivity index (χ0) is 13.1. The van der Waals surface area contributed by atoms with Crippen molar-refractivity contribution >= 4 is 21.8 Å². The molecule has 4 nitrogen and oxygen atoms in total. The molecule has 0 aromatic heterocycles. The van der Waals surface area contributed by atoms with E-state index in [1.54, 1.807) is 12.1 Å². The Kier molecular flexibility index (Phi) is 4.24. The van der Waals surface area contributed by atoms with Gasteiger partial charge in [0.1, 0.15) is 5.75 Å². The number of phenols is 1. The van der Waals surface area contributed by atoms with Crippen LogP contribution >= 0.6 is 15.9 Å². The second kappa shape index (κ2) is 5.71. The molecule has 1 aliphatic rings. The highest BCUT2D eigenvalue weighted by molar-refractivity contribution is 9.10. The van der Waals surface area contributed by atoms with Gasteiger partial charge < -0.3 is 15.7 Å². The van der Waals surface area contributed by atoms with Crippen molar-refractivity contribution in [1.82, 2.24) is 4.90 Å². The van der Waals surface area contributed by atoms with Crippen molar-refractivity contribution < 1.29 is 9.90 Å². The summed E-state index contributed by atoms with van der Waals surface area (Å²) in [6.07, 6.45) is 2.09. The average molecular weight is 313 g/mol. The largest absolute Gasteiger partial charge is 0.507 e. The Morgan fingerprint density at radius 3 is 3.00 bits per heavy atom. The second-order valence-corrected chi connectivity index (χ2v) is 5.52. The molecule has 0 bridgehead atoms. The fourth-order valence-electron chi connectivity index (χ4n) is 2.27. The summed E-state index contributed by atoms with van der Waals surface area (Å²) in [7, 11) is 0. The van der Waals surface area contributed by atoms with E-state index in [4.69, 9.17) is 5.73 Å². The Balaban J connectivity index is 2.12. The number of halogens is 1. The van der Waals surface area contributed by atoms with Crippen LogP contribution in [0.3, 0.4) is 0 Å². The smallest absolute Gasteiger partial charge is 0.253 e. The van der Waals surface area contributed by atoms with E-state index in [9.17, 15) is 9.90 Å². The van der Waals surface area contributed by atoms with E-state index in [1.165, 1.54) is 6.07 Å². The lowest BCUT2D eigenvalue weighted by Gasteiger charge is -2.32. The number of nitrogens with two attached hydrogens (primary N) is 1. The highest BCUT2D eigenvalue weighted by Crippen LogP contribution is 2.26. The molecule has 3 N–H and O–H groups in total. The lowest BCUT2D eigenvalue weighted by molar-refractivity contribution is 0.0678. The third kappa shape index (κ3) is 2.84. The molecule has 0 saturated carbocycles. The number of piperidine rings is 1. The summed E-state index contributed by atoms with van der Waals surface area (Å²) in [5.41, 5.74) is 6.19. The number of aromatic hydroxyl groups is 1. The van der Waals surface area contributed by atoms with Crippen LogP contribution in [0.1, 0.15) is 23.2 Å². The maximum absolute atomic E-state index is 12.3. The van der Waals surface area contributed by atoms with Crippen molar-refractivity contribution in [1.29, 1.82) is 0 Å². The van der Waals surface area contributed by atoms with Crippen LogP contribution in [0.4, 0.5) is 0 Å². The molecule has 0 radical (unpaired) electrons. The normalized spacial score (nSPS) is 19.9. The minimum absolute atomic E-state index is 0.0315. The van der Waals surface area contributed by atoms with E-state index >= 15 is 0 Å². The first-order valence-electron chi connectivity index (χ1n) is 6.09. The number of amides is 1. The average Bonchev–Trinajstić information content (AvgIpc) is 2.41. The van der Waals surface area contributed by atoms with Gasteiger partial charge in [0, 0.05) is 18.7 Å². The van der Waals surface area contributed by atoms with Gasteiger partial charge in [0.2, 0.25) is 0 Å². The molecule has 18 heavy (non-hydrogen) atoms. The van der Waals surface area contributed by atoms with Crippen LogP contribution in [0.5, 0.6) is 5.75 Å². The first-order valence-corrected chi connectivity index (χ1v) is 6.89. The number of hydrogen-bond donors (Lipinski definition) is 2. The van der Waals surface area contributed by atoms with Gasteiger partial charge in [-0.2, -0.15) is 0 Å². The highest BCUT2D eigenvalue weighted by Gasteiger charge is 2.23. The second-order valence-electron chi connectivity index (χ2n) is 4.66. The maximum atomic E-state index is 12.3. The van der Waals surface area contributed by atoms with Crippen molar-refractivity contribution in [2.45, 2.75) is 12.8 Å². The Hall–Kier alpha value is -1.07. The van der Waals surface area contributed by atoms with E-state index in [-0.39, 0.29) is 11.7 Å². The van der Waals surface area contributed by atoms with Gasteiger partial charge in [-0.1, -0.05) is 0 Å². The van der Waals surface area contributed by atoms with Gasteiger partial charge in [-0.3, -0.25) is 4.79 Å². The summed E-state index contributed by atoms with van der Waals surface area (Å²) in [6.45, 7) is 2.10. The van der Waals surface area contributed by atoms with Crippen LogP contribution < -0.4 is 5.73 Å². The molecular weight excluding hydrogens is 296 g/mol. The summed E-state index contributed by atoms with van der Waals surface area (Å²) in [6, 6.07) is 4.91.